The van der Waals surface area contributed by atoms with Crippen molar-refractivity contribution in [3.8, 4) is 0 Å². The van der Waals surface area contributed by atoms with Crippen LogP contribution in [0.2, 0.25) is 0 Å². The molecule has 0 unspecified atom stereocenters. The zero-order valence-corrected chi connectivity index (χ0v) is 14.7. The van der Waals surface area contributed by atoms with Gasteiger partial charge in [0.15, 0.2) is 0 Å². The lowest BCUT2D eigenvalue weighted by atomic mass is 9.80. The van der Waals surface area contributed by atoms with Crippen molar-refractivity contribution in [3.05, 3.63) is 29.8 Å². The molecule has 0 bridgehead atoms. The average molecular weight is 367 g/mol. The Kier molecular flexibility index (Phi) is 4.19. The van der Waals surface area contributed by atoms with Crippen LogP contribution in [0.25, 0.3) is 10.8 Å². The Hall–Kier alpha value is -1.49. The van der Waals surface area contributed by atoms with E-state index in [2.05, 4.69) is 14.4 Å². The molecule has 0 aliphatic carbocycles. The molecule has 2 aromatic carbocycles. The summed E-state index contributed by atoms with van der Waals surface area (Å²) in [4.78, 5) is 4.41. The summed E-state index contributed by atoms with van der Waals surface area (Å²) in [6.07, 6.45) is 0. The van der Waals surface area contributed by atoms with Crippen molar-refractivity contribution >= 4 is 44.3 Å². The highest BCUT2D eigenvalue weighted by atomic mass is 32.2. The topological polar surface area (TPSA) is 111 Å². The van der Waals surface area contributed by atoms with Crippen LogP contribution in [0, 0.1) is 0 Å². The fourth-order valence-electron chi connectivity index (χ4n) is 2.88. The predicted molar refractivity (Wildman–Crippen MR) is 85.7 cm³/mol. The maximum Gasteiger partial charge on any atom is 0.124 e. The van der Waals surface area contributed by atoms with Crippen LogP contribution >= 0.6 is 12.0 Å². The van der Waals surface area contributed by atoms with E-state index in [9.17, 15) is 18.2 Å². The molecule has 0 aromatic heterocycles. The van der Waals surface area contributed by atoms with Crippen molar-refractivity contribution in [2.45, 2.75) is 36.0 Å². The molecule has 1 aliphatic rings. The second kappa shape index (κ2) is 5.80. The van der Waals surface area contributed by atoms with Crippen LogP contribution in [0.4, 0.5) is 5.69 Å². The monoisotopic (exact) mass is 367 g/mol. The van der Waals surface area contributed by atoms with Crippen LogP contribution in [-0.2, 0) is 24.9 Å². The number of aliphatic imine (C=N–C) groups is 1. The number of hydrogen-bond acceptors (Lipinski definition) is 8. The van der Waals surface area contributed by atoms with Gasteiger partial charge in [-0.2, -0.15) is 4.33 Å². The molecule has 0 spiro atoms. The molecule has 7 nitrogen and oxygen atoms in total. The Morgan fingerprint density at radius 2 is 1.92 bits per heavy atom. The maximum atomic E-state index is 11.5. The fraction of sp³-hybridized carbons (Fsp3) is 0.267. The summed E-state index contributed by atoms with van der Waals surface area (Å²) in [6.45, 7) is 5.84. The molecular formula is C15H13NO6S2-2. The van der Waals surface area contributed by atoms with Gasteiger partial charge in [0.2, 0.25) is 0 Å². The smallest absolute Gasteiger partial charge is 0.124 e. The van der Waals surface area contributed by atoms with Gasteiger partial charge in [0, 0.05) is 16.0 Å². The van der Waals surface area contributed by atoms with E-state index in [-0.39, 0.29) is 0 Å². The summed E-state index contributed by atoms with van der Waals surface area (Å²) in [5, 5.41) is 14.7. The first-order valence-corrected chi connectivity index (χ1v) is 9.07. The van der Waals surface area contributed by atoms with Crippen LogP contribution in [-0.4, -0.2) is 18.7 Å². The third-order valence-electron chi connectivity index (χ3n) is 4.31. The standard InChI is InChI=1S/C15H15NO6S2/c1-8-15(2,3)14-11-6-9(24(18,19)20)7-13(23-22-21-17)10(11)4-5-12(14)16-8/h4-7,17H,1-3H3,(H,18,19,20)/p-2. The van der Waals surface area contributed by atoms with Crippen LogP contribution in [0.15, 0.2) is 39.0 Å². The van der Waals surface area contributed by atoms with E-state index in [0.29, 0.717) is 27.7 Å². The second-order valence-corrected chi connectivity index (χ2v) is 8.09. The van der Waals surface area contributed by atoms with Gasteiger partial charge in [-0.25, -0.2) is 8.42 Å². The van der Waals surface area contributed by atoms with E-state index >= 15 is 0 Å². The van der Waals surface area contributed by atoms with Crippen LogP contribution in [0.5, 0.6) is 0 Å². The Bertz CT molecular complexity index is 966. The molecule has 0 amide bonds. The molecule has 0 saturated carbocycles. The quantitative estimate of drug-likeness (QED) is 0.353. The lowest BCUT2D eigenvalue weighted by Crippen LogP contribution is -2.23. The van der Waals surface area contributed by atoms with Gasteiger partial charge in [-0.05, 0) is 41.5 Å². The van der Waals surface area contributed by atoms with Crippen LogP contribution in [0.3, 0.4) is 0 Å². The molecular weight excluding hydrogens is 354 g/mol. The Labute approximate surface area is 143 Å². The van der Waals surface area contributed by atoms with Gasteiger partial charge in [-0.3, -0.25) is 10.0 Å². The number of fused-ring (bicyclic) bond motifs is 3. The molecule has 128 valence electrons. The van der Waals surface area contributed by atoms with Crippen molar-refractivity contribution in [1.29, 1.82) is 0 Å². The average Bonchev–Trinajstić information content (AvgIpc) is 2.73. The summed E-state index contributed by atoms with van der Waals surface area (Å²) < 4.78 is 38.8. The Balaban J connectivity index is 2.37. The summed E-state index contributed by atoms with van der Waals surface area (Å²) in [6, 6.07) is 6.05. The molecule has 0 radical (unpaired) electrons. The van der Waals surface area contributed by atoms with E-state index in [0.717, 1.165) is 23.0 Å². The molecule has 9 heteroatoms. The predicted octanol–water partition coefficient (Wildman–Crippen LogP) is 2.36. The van der Waals surface area contributed by atoms with Gasteiger partial charge in [0.1, 0.15) is 10.1 Å². The van der Waals surface area contributed by atoms with Crippen molar-refractivity contribution in [2.75, 3.05) is 0 Å². The van der Waals surface area contributed by atoms with Gasteiger partial charge in [0.25, 0.3) is 0 Å². The van der Waals surface area contributed by atoms with Crippen molar-refractivity contribution in [1.82, 2.24) is 0 Å². The van der Waals surface area contributed by atoms with Crippen molar-refractivity contribution in [3.63, 3.8) is 0 Å². The van der Waals surface area contributed by atoms with E-state index in [4.69, 9.17) is 0 Å². The lowest BCUT2D eigenvalue weighted by Gasteiger charge is -2.23. The van der Waals surface area contributed by atoms with Gasteiger partial charge >= 0.3 is 0 Å². The number of rotatable bonds is 4. The minimum atomic E-state index is -4.69. The third kappa shape index (κ3) is 2.73. The minimum absolute atomic E-state index is 0.293. The summed E-state index contributed by atoms with van der Waals surface area (Å²) in [5.41, 5.74) is 2.02. The molecule has 0 saturated heterocycles. The van der Waals surface area contributed by atoms with Gasteiger partial charge in [0.05, 0.1) is 22.6 Å². The first-order chi connectivity index (χ1) is 11.2. The number of hydrogen-bond donors (Lipinski definition) is 0. The molecule has 1 heterocycles. The van der Waals surface area contributed by atoms with Crippen LogP contribution in [0.1, 0.15) is 26.3 Å². The fourth-order valence-corrected chi connectivity index (χ4v) is 4.02. The Morgan fingerprint density at radius 3 is 2.54 bits per heavy atom. The van der Waals surface area contributed by atoms with Gasteiger partial charge in [-0.15, -0.1) is 0 Å². The zero-order chi connectivity index (χ0) is 17.7. The molecule has 0 fully saturated rings. The molecule has 0 atom stereocenters. The molecule has 2 aromatic rings. The molecule has 3 rings (SSSR count). The van der Waals surface area contributed by atoms with Gasteiger partial charge < -0.3 is 9.81 Å². The van der Waals surface area contributed by atoms with Crippen molar-refractivity contribution in [2.24, 2.45) is 4.99 Å². The highest BCUT2D eigenvalue weighted by Gasteiger charge is 2.34. The number of benzene rings is 2. The normalized spacial score (nSPS) is 16.3. The highest BCUT2D eigenvalue weighted by Crippen LogP contribution is 2.46. The van der Waals surface area contributed by atoms with Crippen molar-refractivity contribution < 1.29 is 27.6 Å². The number of nitrogens with zero attached hydrogens (tertiary/aromatic N) is 1. The molecule has 0 N–H and O–H groups in total. The van der Waals surface area contributed by atoms with E-state index in [1.807, 2.05) is 26.8 Å². The largest absolute Gasteiger partial charge is 0.744 e. The van der Waals surface area contributed by atoms with E-state index in [1.165, 1.54) is 6.07 Å². The second-order valence-electron chi connectivity index (χ2n) is 5.97. The molecule has 1 aliphatic heterocycles. The summed E-state index contributed by atoms with van der Waals surface area (Å²) in [5.74, 6) is 0. The lowest BCUT2D eigenvalue weighted by molar-refractivity contribution is -0.777. The minimum Gasteiger partial charge on any atom is -0.744 e. The first kappa shape index (κ1) is 17.3. The van der Waals surface area contributed by atoms with Crippen LogP contribution < -0.4 is 5.26 Å². The SMILES string of the molecule is CC1=Nc2ccc3c(SOO[O-])cc(S(=O)(=O)[O-])cc3c2C1(C)C. The Morgan fingerprint density at radius 1 is 1.21 bits per heavy atom. The van der Waals surface area contributed by atoms with E-state index < -0.39 is 20.4 Å². The van der Waals surface area contributed by atoms with E-state index in [1.54, 1.807) is 6.07 Å². The zero-order valence-electron chi connectivity index (χ0n) is 13.0. The first-order valence-electron chi connectivity index (χ1n) is 6.92. The summed E-state index contributed by atoms with van der Waals surface area (Å²) >= 11 is 0.551. The third-order valence-corrected chi connectivity index (χ3v) is 5.76. The highest BCUT2D eigenvalue weighted by molar-refractivity contribution is 7.94. The summed E-state index contributed by atoms with van der Waals surface area (Å²) in [7, 11) is -4.69. The van der Waals surface area contributed by atoms with Gasteiger partial charge in [-0.1, -0.05) is 19.9 Å². The molecule has 24 heavy (non-hydrogen) atoms. The maximum absolute atomic E-state index is 11.5.